The Morgan fingerprint density at radius 3 is 3.05 bits per heavy atom. The highest BCUT2D eigenvalue weighted by atomic mass is 16.2. The third kappa shape index (κ3) is 3.29. The largest absolute Gasteiger partial charge is 0.352 e. The Labute approximate surface area is 112 Å². The molecule has 0 spiro atoms. The molecule has 0 bridgehead atoms. The number of pyridine rings is 1. The van der Waals surface area contributed by atoms with Gasteiger partial charge < -0.3 is 16.0 Å². The summed E-state index contributed by atoms with van der Waals surface area (Å²) < 4.78 is 0. The fourth-order valence-electron chi connectivity index (χ4n) is 2.26. The van der Waals surface area contributed by atoms with Crippen LogP contribution in [-0.2, 0) is 11.3 Å². The molecule has 2 amide bonds. The predicted molar refractivity (Wildman–Crippen MR) is 70.3 cm³/mol. The first-order valence-electron chi connectivity index (χ1n) is 6.31. The molecule has 0 aliphatic carbocycles. The minimum atomic E-state index is -0.0615. The van der Waals surface area contributed by atoms with E-state index < -0.39 is 0 Å². The SMILES string of the molecule is CC(=O)NC1CCN(C(=O)c2ccnc(CN)c2)C1. The number of nitrogens with two attached hydrogens (primary N) is 1. The number of hydrogen-bond donors (Lipinski definition) is 2. The van der Waals surface area contributed by atoms with Crippen LogP contribution >= 0.6 is 0 Å². The van der Waals surface area contributed by atoms with Gasteiger partial charge in [-0.15, -0.1) is 0 Å². The van der Waals surface area contributed by atoms with Crippen molar-refractivity contribution in [2.75, 3.05) is 13.1 Å². The van der Waals surface area contributed by atoms with Crippen molar-refractivity contribution in [3.63, 3.8) is 0 Å². The minimum absolute atomic E-state index is 0.0371. The van der Waals surface area contributed by atoms with Crippen LogP contribution in [0.4, 0.5) is 0 Å². The molecule has 1 aromatic rings. The van der Waals surface area contributed by atoms with E-state index in [2.05, 4.69) is 10.3 Å². The molecule has 3 N–H and O–H groups in total. The minimum Gasteiger partial charge on any atom is -0.352 e. The van der Waals surface area contributed by atoms with E-state index in [1.807, 2.05) is 0 Å². The van der Waals surface area contributed by atoms with Crippen molar-refractivity contribution in [1.29, 1.82) is 0 Å². The van der Waals surface area contributed by atoms with Crippen LogP contribution in [0.2, 0.25) is 0 Å². The van der Waals surface area contributed by atoms with Gasteiger partial charge in [0.1, 0.15) is 0 Å². The van der Waals surface area contributed by atoms with Gasteiger partial charge in [0.25, 0.3) is 5.91 Å². The highest BCUT2D eigenvalue weighted by molar-refractivity contribution is 5.94. The van der Waals surface area contributed by atoms with Crippen LogP contribution < -0.4 is 11.1 Å². The van der Waals surface area contributed by atoms with Crippen LogP contribution in [0.25, 0.3) is 0 Å². The van der Waals surface area contributed by atoms with E-state index in [-0.39, 0.29) is 17.9 Å². The fourth-order valence-corrected chi connectivity index (χ4v) is 2.26. The zero-order chi connectivity index (χ0) is 13.8. The molecule has 1 aliphatic rings. The van der Waals surface area contributed by atoms with Crippen molar-refractivity contribution in [1.82, 2.24) is 15.2 Å². The summed E-state index contributed by atoms with van der Waals surface area (Å²) in [6, 6.07) is 3.46. The number of aromatic nitrogens is 1. The van der Waals surface area contributed by atoms with Gasteiger partial charge in [0, 0.05) is 44.4 Å². The molecule has 6 nitrogen and oxygen atoms in total. The Balaban J connectivity index is 2.02. The highest BCUT2D eigenvalue weighted by Gasteiger charge is 2.27. The van der Waals surface area contributed by atoms with E-state index in [4.69, 9.17) is 5.73 Å². The standard InChI is InChI=1S/C13H18N4O2/c1-9(18)16-11-3-5-17(8-11)13(19)10-2-4-15-12(6-10)7-14/h2,4,6,11H,3,5,7-8,14H2,1H3,(H,16,18). The third-order valence-corrected chi connectivity index (χ3v) is 3.16. The second-order valence-electron chi connectivity index (χ2n) is 4.68. The van der Waals surface area contributed by atoms with Gasteiger partial charge in [0.2, 0.25) is 5.91 Å². The first-order valence-corrected chi connectivity index (χ1v) is 6.31. The summed E-state index contributed by atoms with van der Waals surface area (Å²) in [5, 5.41) is 2.84. The molecule has 0 aromatic carbocycles. The molecule has 0 saturated carbocycles. The van der Waals surface area contributed by atoms with E-state index in [0.717, 1.165) is 6.42 Å². The number of nitrogens with one attached hydrogen (secondary N) is 1. The molecular weight excluding hydrogens is 244 g/mol. The molecule has 1 aromatic heterocycles. The number of rotatable bonds is 3. The predicted octanol–water partition coefficient (Wildman–Crippen LogP) is -0.109. The molecule has 1 unspecified atom stereocenters. The van der Waals surface area contributed by atoms with Gasteiger partial charge in [0.15, 0.2) is 0 Å². The van der Waals surface area contributed by atoms with Crippen molar-refractivity contribution in [3.8, 4) is 0 Å². The number of carbonyl (C=O) groups is 2. The molecule has 19 heavy (non-hydrogen) atoms. The van der Waals surface area contributed by atoms with Crippen molar-refractivity contribution in [2.45, 2.75) is 25.9 Å². The molecule has 2 heterocycles. The Morgan fingerprint density at radius 2 is 2.37 bits per heavy atom. The summed E-state index contributed by atoms with van der Waals surface area (Å²) in [5.74, 6) is -0.0985. The summed E-state index contributed by atoms with van der Waals surface area (Å²) in [5.41, 5.74) is 6.81. The van der Waals surface area contributed by atoms with Gasteiger partial charge in [-0.05, 0) is 18.6 Å². The number of hydrogen-bond acceptors (Lipinski definition) is 4. The zero-order valence-corrected chi connectivity index (χ0v) is 10.9. The second kappa shape index (κ2) is 5.79. The van der Waals surface area contributed by atoms with Gasteiger partial charge in [-0.25, -0.2) is 0 Å². The summed E-state index contributed by atoms with van der Waals surface area (Å²) >= 11 is 0. The van der Waals surface area contributed by atoms with Crippen LogP contribution in [0, 0.1) is 0 Å². The third-order valence-electron chi connectivity index (χ3n) is 3.16. The van der Waals surface area contributed by atoms with Gasteiger partial charge in [-0.3, -0.25) is 14.6 Å². The molecule has 1 aliphatic heterocycles. The molecule has 6 heteroatoms. The van der Waals surface area contributed by atoms with E-state index >= 15 is 0 Å². The van der Waals surface area contributed by atoms with Crippen LogP contribution in [0.3, 0.4) is 0 Å². The average molecular weight is 262 g/mol. The molecular formula is C13H18N4O2. The maximum atomic E-state index is 12.3. The Kier molecular flexibility index (Phi) is 4.11. The topological polar surface area (TPSA) is 88.3 Å². The van der Waals surface area contributed by atoms with Gasteiger partial charge in [-0.2, -0.15) is 0 Å². The Bertz CT molecular complexity index is 489. The Hall–Kier alpha value is -1.95. The lowest BCUT2D eigenvalue weighted by Crippen LogP contribution is -2.37. The Morgan fingerprint density at radius 1 is 1.58 bits per heavy atom. The summed E-state index contributed by atoms with van der Waals surface area (Å²) in [7, 11) is 0. The molecule has 1 atom stereocenters. The molecule has 0 radical (unpaired) electrons. The lowest BCUT2D eigenvalue weighted by Gasteiger charge is -2.17. The van der Waals surface area contributed by atoms with Crippen molar-refractivity contribution in [2.24, 2.45) is 5.73 Å². The first-order chi connectivity index (χ1) is 9.10. The number of carbonyl (C=O) groups excluding carboxylic acids is 2. The van der Waals surface area contributed by atoms with Crippen molar-refractivity contribution in [3.05, 3.63) is 29.6 Å². The average Bonchev–Trinajstić information content (AvgIpc) is 2.85. The van der Waals surface area contributed by atoms with E-state index in [9.17, 15) is 9.59 Å². The van der Waals surface area contributed by atoms with Crippen LogP contribution in [0.5, 0.6) is 0 Å². The summed E-state index contributed by atoms with van der Waals surface area (Å²) in [4.78, 5) is 29.1. The van der Waals surface area contributed by atoms with E-state index in [0.29, 0.717) is 30.9 Å². The number of amides is 2. The molecule has 2 rings (SSSR count). The van der Waals surface area contributed by atoms with Crippen molar-refractivity contribution < 1.29 is 9.59 Å². The molecule has 1 saturated heterocycles. The molecule has 102 valence electrons. The van der Waals surface area contributed by atoms with Crippen LogP contribution in [0.15, 0.2) is 18.3 Å². The lowest BCUT2D eigenvalue weighted by atomic mass is 10.2. The van der Waals surface area contributed by atoms with Crippen LogP contribution in [0.1, 0.15) is 29.4 Å². The second-order valence-corrected chi connectivity index (χ2v) is 4.68. The zero-order valence-electron chi connectivity index (χ0n) is 10.9. The molecule has 1 fully saturated rings. The summed E-state index contributed by atoms with van der Waals surface area (Å²) in [6.07, 6.45) is 2.39. The van der Waals surface area contributed by atoms with Gasteiger partial charge in [0.05, 0.1) is 5.69 Å². The normalized spacial score (nSPS) is 18.4. The van der Waals surface area contributed by atoms with E-state index in [1.165, 1.54) is 6.92 Å². The fraction of sp³-hybridized carbons (Fsp3) is 0.462. The van der Waals surface area contributed by atoms with Crippen molar-refractivity contribution >= 4 is 11.8 Å². The van der Waals surface area contributed by atoms with Gasteiger partial charge >= 0.3 is 0 Å². The number of likely N-dealkylation sites (tertiary alicyclic amines) is 1. The summed E-state index contributed by atoms with van der Waals surface area (Å²) in [6.45, 7) is 3.01. The monoisotopic (exact) mass is 262 g/mol. The first kappa shape index (κ1) is 13.5. The van der Waals surface area contributed by atoms with Crippen LogP contribution in [-0.4, -0.2) is 40.8 Å². The highest BCUT2D eigenvalue weighted by Crippen LogP contribution is 2.14. The quantitative estimate of drug-likeness (QED) is 0.795. The number of nitrogens with zero attached hydrogens (tertiary/aromatic N) is 2. The maximum absolute atomic E-state index is 12.3. The maximum Gasteiger partial charge on any atom is 0.254 e. The van der Waals surface area contributed by atoms with E-state index in [1.54, 1.807) is 23.2 Å². The lowest BCUT2D eigenvalue weighted by molar-refractivity contribution is -0.119. The van der Waals surface area contributed by atoms with Gasteiger partial charge in [-0.1, -0.05) is 0 Å². The smallest absolute Gasteiger partial charge is 0.254 e.